The van der Waals surface area contributed by atoms with E-state index in [2.05, 4.69) is 56.6 Å². The molecular formula is C20H31IN6O. The van der Waals surface area contributed by atoms with Gasteiger partial charge in [0.05, 0.1) is 12.2 Å². The maximum Gasteiger partial charge on any atom is 0.191 e. The first-order valence-corrected chi connectivity index (χ1v) is 9.66. The number of aliphatic imine (C=N–C) groups is 1. The van der Waals surface area contributed by atoms with Crippen LogP contribution in [0.4, 0.5) is 5.82 Å². The molecule has 1 fully saturated rings. The van der Waals surface area contributed by atoms with E-state index >= 15 is 0 Å². The van der Waals surface area contributed by atoms with Crippen molar-refractivity contribution in [2.45, 2.75) is 52.1 Å². The molecule has 7 nitrogen and oxygen atoms in total. The van der Waals surface area contributed by atoms with Crippen LogP contribution in [-0.2, 0) is 6.54 Å². The quantitative estimate of drug-likeness (QED) is 0.374. The van der Waals surface area contributed by atoms with Crippen molar-refractivity contribution < 1.29 is 4.52 Å². The van der Waals surface area contributed by atoms with Crippen molar-refractivity contribution in [3.63, 3.8) is 0 Å². The lowest BCUT2D eigenvalue weighted by Crippen LogP contribution is -2.48. The van der Waals surface area contributed by atoms with Gasteiger partial charge in [-0.15, -0.1) is 24.0 Å². The summed E-state index contributed by atoms with van der Waals surface area (Å²) >= 11 is 0. The minimum atomic E-state index is 0. The number of pyridine rings is 1. The third-order valence-electron chi connectivity index (χ3n) is 4.86. The van der Waals surface area contributed by atoms with Gasteiger partial charge in [0.15, 0.2) is 11.7 Å². The molecule has 0 bridgehead atoms. The lowest BCUT2D eigenvalue weighted by molar-refractivity contribution is 0.371. The van der Waals surface area contributed by atoms with Crippen LogP contribution < -0.4 is 15.5 Å². The number of nitrogens with one attached hydrogen (secondary N) is 2. The second-order valence-electron chi connectivity index (χ2n) is 7.34. The highest BCUT2D eigenvalue weighted by molar-refractivity contribution is 14.0. The molecule has 0 atom stereocenters. The molecular weight excluding hydrogens is 467 g/mol. The van der Waals surface area contributed by atoms with Gasteiger partial charge in [-0.25, -0.2) is 4.98 Å². The summed E-state index contributed by atoms with van der Waals surface area (Å²) in [5, 5.41) is 10.9. The van der Waals surface area contributed by atoms with Gasteiger partial charge in [-0.05, 0) is 37.8 Å². The van der Waals surface area contributed by atoms with Crippen LogP contribution in [0.2, 0.25) is 0 Å². The zero-order valence-electron chi connectivity index (χ0n) is 17.1. The first-order valence-electron chi connectivity index (χ1n) is 9.66. The molecule has 1 saturated heterocycles. The second-order valence-corrected chi connectivity index (χ2v) is 7.34. The number of hydrogen-bond donors (Lipinski definition) is 2. The Kier molecular flexibility index (Phi) is 8.53. The van der Waals surface area contributed by atoms with Crippen molar-refractivity contribution in [3.05, 3.63) is 41.4 Å². The molecule has 154 valence electrons. The minimum absolute atomic E-state index is 0. The fourth-order valence-electron chi connectivity index (χ4n) is 3.20. The Morgan fingerprint density at radius 2 is 2.07 bits per heavy atom. The summed E-state index contributed by atoms with van der Waals surface area (Å²) in [6.07, 6.45) is 2.10. The monoisotopic (exact) mass is 498 g/mol. The summed E-state index contributed by atoms with van der Waals surface area (Å²) < 4.78 is 5.37. The highest BCUT2D eigenvalue weighted by atomic mass is 127. The zero-order valence-corrected chi connectivity index (χ0v) is 19.4. The van der Waals surface area contributed by atoms with Gasteiger partial charge in [0.2, 0.25) is 0 Å². The number of anilines is 1. The van der Waals surface area contributed by atoms with Crippen molar-refractivity contribution >= 4 is 35.8 Å². The van der Waals surface area contributed by atoms with Gasteiger partial charge in [0.25, 0.3) is 0 Å². The molecule has 2 aromatic rings. The van der Waals surface area contributed by atoms with Crippen LogP contribution >= 0.6 is 24.0 Å². The Morgan fingerprint density at radius 1 is 1.32 bits per heavy atom. The van der Waals surface area contributed by atoms with Crippen LogP contribution in [0.3, 0.4) is 0 Å². The third-order valence-corrected chi connectivity index (χ3v) is 4.86. The predicted molar refractivity (Wildman–Crippen MR) is 124 cm³/mol. The van der Waals surface area contributed by atoms with Gasteiger partial charge in [0, 0.05) is 37.9 Å². The fraction of sp³-hybridized carbons (Fsp3) is 0.550. The minimum Gasteiger partial charge on any atom is -0.359 e. The Hall–Kier alpha value is -1.84. The molecule has 0 aromatic carbocycles. The van der Waals surface area contributed by atoms with Gasteiger partial charge in [0.1, 0.15) is 5.82 Å². The van der Waals surface area contributed by atoms with E-state index in [1.165, 1.54) is 0 Å². The van der Waals surface area contributed by atoms with E-state index in [-0.39, 0.29) is 24.0 Å². The summed E-state index contributed by atoms with van der Waals surface area (Å²) in [5.74, 6) is 3.06. The van der Waals surface area contributed by atoms with E-state index in [1.807, 2.05) is 19.1 Å². The largest absolute Gasteiger partial charge is 0.359 e. The normalized spacial score (nSPS) is 15.5. The average Bonchev–Trinajstić information content (AvgIpc) is 3.15. The smallest absolute Gasteiger partial charge is 0.191 e. The fourth-order valence-corrected chi connectivity index (χ4v) is 3.20. The molecule has 1 aliphatic heterocycles. The molecule has 0 amide bonds. The maximum absolute atomic E-state index is 5.37. The van der Waals surface area contributed by atoms with Gasteiger partial charge >= 0.3 is 0 Å². The summed E-state index contributed by atoms with van der Waals surface area (Å²) in [6, 6.07) is 8.59. The lowest BCUT2D eigenvalue weighted by atomic mass is 10.1. The standard InChI is InChI=1S/C20H30N6O.HI/c1-14(2)18-12-17(27-25-18)13-22-20(21-4)24-16-8-10-26(11-9-16)19-7-5-6-15(3)23-19;/h5-7,12,14,16H,8-11,13H2,1-4H3,(H2,21,22,24);1H. The van der Waals surface area contributed by atoms with Crippen molar-refractivity contribution in [3.8, 4) is 0 Å². The van der Waals surface area contributed by atoms with E-state index in [0.29, 0.717) is 18.5 Å². The van der Waals surface area contributed by atoms with Gasteiger partial charge in [-0.3, -0.25) is 4.99 Å². The van der Waals surface area contributed by atoms with Gasteiger partial charge in [-0.2, -0.15) is 0 Å². The van der Waals surface area contributed by atoms with Gasteiger partial charge < -0.3 is 20.1 Å². The summed E-state index contributed by atoms with van der Waals surface area (Å²) in [4.78, 5) is 11.3. The van der Waals surface area contributed by atoms with E-state index < -0.39 is 0 Å². The number of nitrogens with zero attached hydrogens (tertiary/aromatic N) is 4. The van der Waals surface area contributed by atoms with E-state index in [1.54, 1.807) is 7.05 Å². The van der Waals surface area contributed by atoms with E-state index in [9.17, 15) is 0 Å². The van der Waals surface area contributed by atoms with Crippen LogP contribution in [0.1, 0.15) is 49.8 Å². The molecule has 8 heteroatoms. The Labute approximate surface area is 184 Å². The molecule has 2 N–H and O–H groups in total. The Morgan fingerprint density at radius 3 is 2.68 bits per heavy atom. The van der Waals surface area contributed by atoms with Crippen LogP contribution in [-0.4, -0.2) is 42.3 Å². The van der Waals surface area contributed by atoms with Crippen molar-refractivity contribution in [2.75, 3.05) is 25.0 Å². The van der Waals surface area contributed by atoms with Crippen LogP contribution in [0.5, 0.6) is 0 Å². The number of halogens is 1. The second kappa shape index (κ2) is 10.6. The molecule has 0 aliphatic carbocycles. The van der Waals surface area contributed by atoms with Gasteiger partial charge in [-0.1, -0.05) is 25.1 Å². The van der Waals surface area contributed by atoms with Crippen molar-refractivity contribution in [1.29, 1.82) is 0 Å². The number of rotatable bonds is 5. The molecule has 28 heavy (non-hydrogen) atoms. The number of aromatic nitrogens is 2. The maximum atomic E-state index is 5.37. The van der Waals surface area contributed by atoms with E-state index in [0.717, 1.165) is 54.9 Å². The molecule has 2 aromatic heterocycles. The third kappa shape index (κ3) is 6.08. The lowest BCUT2D eigenvalue weighted by Gasteiger charge is -2.33. The van der Waals surface area contributed by atoms with Crippen molar-refractivity contribution in [2.24, 2.45) is 4.99 Å². The van der Waals surface area contributed by atoms with E-state index in [4.69, 9.17) is 4.52 Å². The van der Waals surface area contributed by atoms with Crippen LogP contribution in [0.15, 0.2) is 33.8 Å². The molecule has 0 radical (unpaired) electrons. The van der Waals surface area contributed by atoms with Crippen molar-refractivity contribution in [1.82, 2.24) is 20.8 Å². The topological polar surface area (TPSA) is 78.6 Å². The van der Waals surface area contributed by atoms with Crippen LogP contribution in [0.25, 0.3) is 0 Å². The molecule has 3 rings (SSSR count). The zero-order chi connectivity index (χ0) is 19.2. The molecule has 0 spiro atoms. The number of guanidine groups is 1. The number of piperidine rings is 1. The predicted octanol–water partition coefficient (Wildman–Crippen LogP) is 3.45. The number of hydrogen-bond acceptors (Lipinski definition) is 5. The summed E-state index contributed by atoms with van der Waals surface area (Å²) in [6.45, 7) is 8.80. The first-order chi connectivity index (χ1) is 13.0. The highest BCUT2D eigenvalue weighted by Crippen LogP contribution is 2.18. The highest BCUT2D eigenvalue weighted by Gasteiger charge is 2.21. The average molecular weight is 498 g/mol. The molecule has 0 saturated carbocycles. The molecule has 1 aliphatic rings. The Balaban J connectivity index is 0.00000280. The van der Waals surface area contributed by atoms with Crippen LogP contribution in [0, 0.1) is 6.92 Å². The molecule has 0 unspecified atom stereocenters. The Bertz CT molecular complexity index is 768. The summed E-state index contributed by atoms with van der Waals surface area (Å²) in [7, 11) is 1.79. The first kappa shape index (κ1) is 22.4. The summed E-state index contributed by atoms with van der Waals surface area (Å²) in [5.41, 5.74) is 2.04. The SMILES string of the molecule is CN=C(NCc1cc(C(C)C)no1)NC1CCN(c2cccc(C)n2)CC1.I. The molecule has 3 heterocycles. The number of aryl methyl sites for hydroxylation is 1.